The summed E-state index contributed by atoms with van der Waals surface area (Å²) in [6, 6.07) is 0. The van der Waals surface area contributed by atoms with E-state index in [2.05, 4.69) is 16.8 Å². The van der Waals surface area contributed by atoms with Gasteiger partial charge < -0.3 is 8.74 Å². The Balaban J connectivity index is 2.91. The first-order valence-corrected chi connectivity index (χ1v) is 8.24. The van der Waals surface area contributed by atoms with Gasteiger partial charge >= 0.3 is 0 Å². The van der Waals surface area contributed by atoms with Crippen LogP contribution in [0.15, 0.2) is 0 Å². The maximum Gasteiger partial charge on any atom is 0.0842 e. The summed E-state index contributed by atoms with van der Waals surface area (Å²) >= 11 is 1.85. The Labute approximate surface area is 114 Å². The van der Waals surface area contributed by atoms with Gasteiger partial charge in [-0.05, 0) is 18.6 Å². The van der Waals surface area contributed by atoms with E-state index in [1.54, 1.807) is 0 Å². The molecule has 0 aliphatic rings. The van der Waals surface area contributed by atoms with Crippen molar-refractivity contribution in [1.29, 1.82) is 0 Å². The summed E-state index contributed by atoms with van der Waals surface area (Å²) in [6.07, 6.45) is 12.2. The lowest BCUT2D eigenvalue weighted by Gasteiger charge is -2.05. The van der Waals surface area contributed by atoms with E-state index in [0.717, 1.165) is 18.6 Å². The molecule has 0 aromatic heterocycles. The molecule has 5 heteroatoms. The van der Waals surface area contributed by atoms with Crippen molar-refractivity contribution < 1.29 is 12.9 Å². The van der Waals surface area contributed by atoms with Crippen LogP contribution in [0.5, 0.6) is 0 Å². The second kappa shape index (κ2) is 14.5. The van der Waals surface area contributed by atoms with E-state index in [9.17, 15) is 8.76 Å². The second-order valence-corrected chi connectivity index (χ2v) is 5.38. The van der Waals surface area contributed by atoms with E-state index in [0.29, 0.717) is 6.61 Å². The Bertz CT molecular complexity index is 177. The summed E-state index contributed by atoms with van der Waals surface area (Å²) in [5.41, 5.74) is 0. The van der Waals surface area contributed by atoms with Crippen molar-refractivity contribution in [3.05, 3.63) is 0 Å². The fourth-order valence-corrected chi connectivity index (χ4v) is 2.23. The topological polar surface area (TPSA) is 49.4 Å². The highest BCUT2D eigenvalue weighted by atomic mass is 32.2. The highest BCUT2D eigenvalue weighted by Gasteiger charge is 1.93. The van der Waals surface area contributed by atoms with Crippen LogP contribution in [0.2, 0.25) is 0 Å². The molecule has 0 N–H and O–H groups in total. The molecule has 1 unspecified atom stereocenters. The molecule has 0 bridgehead atoms. The largest absolute Gasteiger partial charge is 0.750 e. The summed E-state index contributed by atoms with van der Waals surface area (Å²) in [5.74, 6) is 1.01. The van der Waals surface area contributed by atoms with Gasteiger partial charge in [-0.2, -0.15) is 12.6 Å². The molecular weight excluding hydrogens is 256 g/mol. The van der Waals surface area contributed by atoms with Crippen molar-refractivity contribution in [3.63, 3.8) is 0 Å². The lowest BCUT2D eigenvalue weighted by atomic mass is 10.1. The normalized spacial score (nSPS) is 12.8. The second-order valence-electron chi connectivity index (χ2n) is 4.29. The van der Waals surface area contributed by atoms with Crippen molar-refractivity contribution in [2.45, 2.75) is 64.2 Å². The molecule has 0 heterocycles. The fraction of sp³-hybridized carbons (Fsp3) is 1.00. The van der Waals surface area contributed by atoms with Crippen molar-refractivity contribution in [1.82, 2.24) is 0 Å². The van der Waals surface area contributed by atoms with Gasteiger partial charge in [-0.3, -0.25) is 0 Å². The van der Waals surface area contributed by atoms with Crippen LogP contribution in [-0.2, 0) is 15.5 Å². The summed E-state index contributed by atoms with van der Waals surface area (Å²) < 4.78 is 24.5. The van der Waals surface area contributed by atoms with Crippen LogP contribution < -0.4 is 0 Å². The van der Waals surface area contributed by atoms with Crippen molar-refractivity contribution in [2.75, 3.05) is 12.4 Å². The van der Waals surface area contributed by atoms with Gasteiger partial charge in [-0.15, -0.1) is 0 Å². The van der Waals surface area contributed by atoms with Gasteiger partial charge in [-0.25, -0.2) is 4.21 Å². The maximum absolute atomic E-state index is 10.1. The Morgan fingerprint density at radius 2 is 1.24 bits per heavy atom. The summed E-state index contributed by atoms with van der Waals surface area (Å²) in [7, 11) is 0. The summed E-state index contributed by atoms with van der Waals surface area (Å²) in [5, 5.41) is 0. The third-order valence-corrected chi connectivity index (χ3v) is 3.41. The van der Waals surface area contributed by atoms with E-state index in [-0.39, 0.29) is 0 Å². The smallest absolute Gasteiger partial charge is 0.0842 e. The van der Waals surface area contributed by atoms with Crippen molar-refractivity contribution in [3.8, 4) is 0 Å². The number of hydrogen-bond donors (Lipinski definition) is 1. The van der Waals surface area contributed by atoms with Crippen LogP contribution in [-0.4, -0.2) is 21.1 Å². The van der Waals surface area contributed by atoms with Gasteiger partial charge in [0.1, 0.15) is 0 Å². The van der Waals surface area contributed by atoms with Gasteiger partial charge in [0.25, 0.3) is 0 Å². The molecule has 0 radical (unpaired) electrons. The molecule has 0 aromatic rings. The SMILES string of the molecule is O=S([O-])OCCCCCCCCCCCCS. The van der Waals surface area contributed by atoms with Gasteiger partial charge in [0.15, 0.2) is 0 Å². The molecule has 104 valence electrons. The molecule has 0 rings (SSSR count). The fourth-order valence-electron chi connectivity index (χ4n) is 1.76. The maximum atomic E-state index is 10.1. The van der Waals surface area contributed by atoms with Crippen LogP contribution in [0.1, 0.15) is 64.2 Å². The summed E-state index contributed by atoms with van der Waals surface area (Å²) in [6.45, 7) is 0.333. The molecular formula is C12H25O3S2-. The quantitative estimate of drug-likeness (QED) is 0.318. The number of unbranched alkanes of at least 4 members (excludes halogenated alkanes) is 9. The lowest BCUT2D eigenvalue weighted by molar-refractivity contribution is 0.290. The summed E-state index contributed by atoms with van der Waals surface area (Å²) in [4.78, 5) is 0. The molecule has 1 atom stereocenters. The Morgan fingerprint density at radius 1 is 0.824 bits per heavy atom. The minimum Gasteiger partial charge on any atom is -0.750 e. The first-order chi connectivity index (χ1) is 8.27. The minimum absolute atomic E-state index is 0.333. The number of hydrogen-bond acceptors (Lipinski definition) is 4. The highest BCUT2D eigenvalue weighted by Crippen LogP contribution is 2.10. The van der Waals surface area contributed by atoms with Gasteiger partial charge in [0.05, 0.1) is 18.0 Å². The van der Waals surface area contributed by atoms with Crippen LogP contribution in [0.25, 0.3) is 0 Å². The van der Waals surface area contributed by atoms with Gasteiger partial charge in [0, 0.05) is 0 Å². The first-order valence-electron chi connectivity index (χ1n) is 6.60. The van der Waals surface area contributed by atoms with Gasteiger partial charge in [-0.1, -0.05) is 51.4 Å². The zero-order valence-corrected chi connectivity index (χ0v) is 12.3. The highest BCUT2D eigenvalue weighted by molar-refractivity contribution is 7.80. The lowest BCUT2D eigenvalue weighted by Crippen LogP contribution is -1.97. The van der Waals surface area contributed by atoms with E-state index in [1.807, 2.05) is 0 Å². The monoisotopic (exact) mass is 281 g/mol. The van der Waals surface area contributed by atoms with Crippen LogP contribution in [0, 0.1) is 0 Å². The Morgan fingerprint density at radius 3 is 1.65 bits per heavy atom. The van der Waals surface area contributed by atoms with Gasteiger partial charge in [0.2, 0.25) is 0 Å². The molecule has 0 saturated heterocycles. The third kappa shape index (κ3) is 16.4. The molecule has 17 heavy (non-hydrogen) atoms. The minimum atomic E-state index is -2.34. The Kier molecular flexibility index (Phi) is 14.8. The molecule has 0 aliphatic heterocycles. The number of thiol groups is 1. The third-order valence-electron chi connectivity index (χ3n) is 2.73. The standard InChI is InChI=1S/C12H26O3S2/c13-17(14)15-11-9-7-5-3-1-2-4-6-8-10-12-16/h16H,1-12H2,(H,13,14)/p-1. The zero-order valence-electron chi connectivity index (χ0n) is 10.6. The Hall–Kier alpha value is 0.420. The van der Waals surface area contributed by atoms with E-state index in [4.69, 9.17) is 0 Å². The van der Waals surface area contributed by atoms with E-state index in [1.165, 1.54) is 51.4 Å². The first kappa shape index (κ1) is 17.4. The molecule has 0 fully saturated rings. The molecule has 0 aliphatic carbocycles. The van der Waals surface area contributed by atoms with Crippen molar-refractivity contribution >= 4 is 24.0 Å². The predicted molar refractivity (Wildman–Crippen MR) is 74.9 cm³/mol. The van der Waals surface area contributed by atoms with Crippen LogP contribution >= 0.6 is 12.6 Å². The number of rotatable bonds is 13. The van der Waals surface area contributed by atoms with Crippen LogP contribution in [0.3, 0.4) is 0 Å². The average Bonchev–Trinajstić information content (AvgIpc) is 2.30. The zero-order chi connectivity index (χ0) is 12.8. The molecule has 3 nitrogen and oxygen atoms in total. The molecule has 0 saturated carbocycles. The van der Waals surface area contributed by atoms with E-state index >= 15 is 0 Å². The molecule has 0 spiro atoms. The molecule has 0 amide bonds. The van der Waals surface area contributed by atoms with Crippen molar-refractivity contribution in [2.24, 2.45) is 0 Å². The van der Waals surface area contributed by atoms with Crippen LogP contribution in [0.4, 0.5) is 0 Å². The molecule has 0 aromatic carbocycles. The predicted octanol–water partition coefficient (Wildman–Crippen LogP) is 3.63. The average molecular weight is 281 g/mol. The van der Waals surface area contributed by atoms with E-state index < -0.39 is 11.4 Å².